The van der Waals surface area contributed by atoms with Crippen LogP contribution in [0.15, 0.2) is 46.3 Å². The molecular weight excluding hydrogens is 416 g/mol. The lowest BCUT2D eigenvalue weighted by Gasteiger charge is -2.10. The molecule has 2 heterocycles. The maximum atomic E-state index is 12.7. The molecule has 3 aromatic rings. The molecule has 10 nitrogen and oxygen atoms in total. The Morgan fingerprint density at radius 2 is 1.55 bits per heavy atom. The van der Waals surface area contributed by atoms with E-state index in [-0.39, 0.29) is 21.3 Å². The summed E-state index contributed by atoms with van der Waals surface area (Å²) < 4.78 is 56.7. The lowest BCUT2D eigenvalue weighted by Crippen LogP contribution is -2.16. The molecule has 3 rings (SSSR count). The summed E-state index contributed by atoms with van der Waals surface area (Å²) in [5.41, 5.74) is 1.10. The molecule has 0 aliphatic rings. The molecule has 0 aliphatic heterocycles. The second kappa shape index (κ2) is 7.44. The van der Waals surface area contributed by atoms with E-state index in [1.54, 1.807) is 27.8 Å². The van der Waals surface area contributed by atoms with Crippen LogP contribution in [-0.4, -0.2) is 36.6 Å². The third-order valence-corrected chi connectivity index (χ3v) is 7.15. The van der Waals surface area contributed by atoms with Gasteiger partial charge in [-0.15, -0.1) is 0 Å². The van der Waals surface area contributed by atoms with Crippen LogP contribution in [0.4, 0.5) is 11.5 Å². The van der Waals surface area contributed by atoms with Gasteiger partial charge in [0.1, 0.15) is 16.5 Å². The van der Waals surface area contributed by atoms with Crippen molar-refractivity contribution in [2.75, 3.05) is 9.44 Å². The highest BCUT2D eigenvalue weighted by Crippen LogP contribution is 2.23. The Balaban J connectivity index is 1.83. The number of nitrogens with one attached hydrogen (secondary N) is 2. The molecule has 0 atom stereocenters. The molecule has 0 aliphatic carbocycles. The first-order valence-electron chi connectivity index (χ1n) is 8.45. The fourth-order valence-electron chi connectivity index (χ4n) is 2.76. The van der Waals surface area contributed by atoms with Crippen molar-refractivity contribution < 1.29 is 16.8 Å². The van der Waals surface area contributed by atoms with E-state index in [1.807, 2.05) is 0 Å². The van der Waals surface area contributed by atoms with Crippen molar-refractivity contribution >= 4 is 31.6 Å². The van der Waals surface area contributed by atoms with Gasteiger partial charge in [0.15, 0.2) is 0 Å². The monoisotopic (exact) mass is 436 g/mol. The van der Waals surface area contributed by atoms with Crippen molar-refractivity contribution in [1.82, 2.24) is 19.7 Å². The summed E-state index contributed by atoms with van der Waals surface area (Å²) in [4.78, 5) is 7.97. The lowest BCUT2D eigenvalue weighted by molar-refractivity contribution is 0.599. The first kappa shape index (κ1) is 20.7. The summed E-state index contributed by atoms with van der Waals surface area (Å²) >= 11 is 0. The first-order chi connectivity index (χ1) is 13.5. The van der Waals surface area contributed by atoms with E-state index in [1.165, 1.54) is 41.2 Å². The molecular formula is C17H20N6O4S2. The van der Waals surface area contributed by atoms with Crippen LogP contribution in [0.3, 0.4) is 0 Å². The largest absolute Gasteiger partial charge is 0.280 e. The zero-order chi connectivity index (χ0) is 21.4. The van der Waals surface area contributed by atoms with Crippen molar-refractivity contribution in [2.45, 2.75) is 30.6 Å². The molecule has 29 heavy (non-hydrogen) atoms. The summed E-state index contributed by atoms with van der Waals surface area (Å²) in [5, 5.41) is 4.11. The predicted molar refractivity (Wildman–Crippen MR) is 108 cm³/mol. The third-order valence-electron chi connectivity index (χ3n) is 4.14. The van der Waals surface area contributed by atoms with Crippen molar-refractivity contribution in [2.24, 2.45) is 7.05 Å². The van der Waals surface area contributed by atoms with E-state index < -0.39 is 20.0 Å². The van der Waals surface area contributed by atoms with Crippen LogP contribution in [-0.2, 0) is 27.1 Å². The van der Waals surface area contributed by atoms with Gasteiger partial charge in [0.25, 0.3) is 20.0 Å². The van der Waals surface area contributed by atoms with Crippen LogP contribution in [0.1, 0.15) is 17.2 Å². The minimum atomic E-state index is -3.88. The van der Waals surface area contributed by atoms with Crippen LogP contribution >= 0.6 is 0 Å². The van der Waals surface area contributed by atoms with Crippen LogP contribution in [0, 0.1) is 20.8 Å². The zero-order valence-electron chi connectivity index (χ0n) is 16.2. The zero-order valence-corrected chi connectivity index (χ0v) is 17.8. The van der Waals surface area contributed by atoms with Gasteiger partial charge in [0.05, 0.1) is 16.3 Å². The Morgan fingerprint density at radius 3 is 2.10 bits per heavy atom. The molecule has 0 amide bonds. The molecule has 2 aromatic heterocycles. The minimum absolute atomic E-state index is 0.0366. The number of benzene rings is 1. The van der Waals surface area contributed by atoms with Crippen molar-refractivity contribution in [3.63, 3.8) is 0 Å². The fraction of sp³-hybridized carbons (Fsp3) is 0.235. The van der Waals surface area contributed by atoms with Gasteiger partial charge in [0.2, 0.25) is 0 Å². The summed E-state index contributed by atoms with van der Waals surface area (Å²) in [6.45, 7) is 4.91. The maximum absolute atomic E-state index is 12.7. The second-order valence-electron chi connectivity index (χ2n) is 6.35. The number of sulfonamides is 2. The highest BCUT2D eigenvalue weighted by atomic mass is 32.2. The summed E-state index contributed by atoms with van der Waals surface area (Å²) in [5.74, 6) is 0.570. The lowest BCUT2D eigenvalue weighted by atomic mass is 10.3. The van der Waals surface area contributed by atoms with Crippen LogP contribution < -0.4 is 9.44 Å². The van der Waals surface area contributed by atoms with E-state index in [4.69, 9.17) is 0 Å². The van der Waals surface area contributed by atoms with Gasteiger partial charge in [-0.25, -0.2) is 26.8 Å². The van der Waals surface area contributed by atoms with Gasteiger partial charge in [0, 0.05) is 18.9 Å². The average Bonchev–Trinajstić information content (AvgIpc) is 2.87. The number of nitrogens with zero attached hydrogens (tertiary/aromatic N) is 4. The molecule has 0 bridgehead atoms. The number of rotatable bonds is 6. The minimum Gasteiger partial charge on any atom is -0.280 e. The molecule has 1 aromatic carbocycles. The molecule has 0 spiro atoms. The normalized spacial score (nSPS) is 12.0. The molecule has 0 unspecified atom stereocenters. The van der Waals surface area contributed by atoms with E-state index in [0.717, 1.165) is 0 Å². The maximum Gasteiger partial charge on any atom is 0.265 e. The van der Waals surface area contributed by atoms with E-state index in [2.05, 4.69) is 24.5 Å². The smallest absolute Gasteiger partial charge is 0.265 e. The van der Waals surface area contributed by atoms with Crippen molar-refractivity contribution in [3.8, 4) is 0 Å². The van der Waals surface area contributed by atoms with Crippen molar-refractivity contribution in [1.29, 1.82) is 0 Å². The number of aromatic nitrogens is 4. The average molecular weight is 437 g/mol. The highest BCUT2D eigenvalue weighted by molar-refractivity contribution is 7.93. The molecule has 154 valence electrons. The SMILES string of the molecule is Cc1nccc(NS(=O)(=O)c2ccc(NS(=O)(=O)c3c(C)nn(C)c3C)cc2)n1. The van der Waals surface area contributed by atoms with E-state index in [0.29, 0.717) is 17.2 Å². The highest BCUT2D eigenvalue weighted by Gasteiger charge is 2.24. The molecule has 2 N–H and O–H groups in total. The molecule has 0 saturated heterocycles. The molecule has 0 fully saturated rings. The van der Waals surface area contributed by atoms with Gasteiger partial charge < -0.3 is 0 Å². The van der Waals surface area contributed by atoms with Gasteiger partial charge in [-0.05, 0) is 51.1 Å². The second-order valence-corrected chi connectivity index (χ2v) is 9.65. The third kappa shape index (κ3) is 4.38. The Morgan fingerprint density at radius 1 is 0.897 bits per heavy atom. The number of hydrogen-bond acceptors (Lipinski definition) is 7. The quantitative estimate of drug-likeness (QED) is 0.600. The molecule has 0 saturated carbocycles. The van der Waals surface area contributed by atoms with Gasteiger partial charge in [-0.2, -0.15) is 5.10 Å². The number of anilines is 2. The van der Waals surface area contributed by atoms with E-state index in [9.17, 15) is 16.8 Å². The Labute approximate surface area is 169 Å². The van der Waals surface area contributed by atoms with Gasteiger partial charge >= 0.3 is 0 Å². The first-order valence-corrected chi connectivity index (χ1v) is 11.4. The van der Waals surface area contributed by atoms with Gasteiger partial charge in [-0.3, -0.25) is 14.1 Å². The fourth-order valence-corrected chi connectivity index (χ4v) is 5.26. The van der Waals surface area contributed by atoms with Crippen LogP contribution in [0.2, 0.25) is 0 Å². The predicted octanol–water partition coefficient (Wildman–Crippen LogP) is 1.74. The van der Waals surface area contributed by atoms with E-state index >= 15 is 0 Å². The number of hydrogen-bond donors (Lipinski definition) is 2. The van der Waals surface area contributed by atoms with Crippen LogP contribution in [0.5, 0.6) is 0 Å². The number of aryl methyl sites for hydroxylation is 3. The Bertz CT molecular complexity index is 1270. The van der Waals surface area contributed by atoms with Crippen molar-refractivity contribution in [3.05, 3.63) is 53.7 Å². The topological polar surface area (TPSA) is 136 Å². The standard InChI is InChI=1S/C17H20N6O4S2/c1-11-17(12(2)23(4)20-11)29(26,27)21-14-5-7-15(8-6-14)28(24,25)22-16-9-10-18-13(3)19-16/h5-10,21H,1-4H3,(H,18,19,22). The Kier molecular flexibility index (Phi) is 5.32. The summed E-state index contributed by atoms with van der Waals surface area (Å²) in [7, 11) is -6.09. The summed E-state index contributed by atoms with van der Waals surface area (Å²) in [6.07, 6.45) is 1.44. The molecule has 12 heteroatoms. The summed E-state index contributed by atoms with van der Waals surface area (Å²) in [6, 6.07) is 6.79. The van der Waals surface area contributed by atoms with Gasteiger partial charge in [-0.1, -0.05) is 0 Å². The Hall–Kier alpha value is -2.99. The van der Waals surface area contributed by atoms with Crippen LogP contribution in [0.25, 0.3) is 0 Å². The molecule has 0 radical (unpaired) electrons.